The molecular weight excluding hydrogens is 158 g/mol. The largest absolute Gasteiger partial charge is 0.335 e. The first-order chi connectivity index (χ1) is 4.58. The van der Waals surface area contributed by atoms with Crippen LogP contribution in [0, 0.1) is 0 Å². The molecule has 10 heavy (non-hydrogen) atoms. The molecule has 1 fully saturated rings. The first-order valence-electron chi connectivity index (χ1n) is 2.78. The molecule has 0 spiro atoms. The van der Waals surface area contributed by atoms with Crippen LogP contribution in [0.1, 0.15) is 0 Å². The summed E-state index contributed by atoms with van der Waals surface area (Å²) in [4.78, 5) is 0. The lowest BCUT2D eigenvalue weighted by molar-refractivity contribution is -0.0272. The number of hydrogen-bond donors (Lipinski definition) is 1. The Morgan fingerprint density at radius 1 is 1.70 bits per heavy atom. The van der Waals surface area contributed by atoms with Crippen molar-refractivity contribution in [2.24, 2.45) is 0 Å². The SMILES string of the molecule is CS(=O)(=O)O[C@H]1CNCO1. The van der Waals surface area contributed by atoms with Gasteiger partial charge in [0.05, 0.1) is 13.0 Å². The fraction of sp³-hybridized carbons (Fsp3) is 1.00. The van der Waals surface area contributed by atoms with Gasteiger partial charge in [-0.1, -0.05) is 0 Å². The van der Waals surface area contributed by atoms with Gasteiger partial charge in [0.25, 0.3) is 10.1 Å². The second kappa shape index (κ2) is 2.83. The summed E-state index contributed by atoms with van der Waals surface area (Å²) in [7, 11) is -3.37. The van der Waals surface area contributed by atoms with Gasteiger partial charge in [-0.3, -0.25) is 5.32 Å². The van der Waals surface area contributed by atoms with E-state index in [2.05, 4.69) is 9.50 Å². The summed E-state index contributed by atoms with van der Waals surface area (Å²) < 4.78 is 30.2. The van der Waals surface area contributed by atoms with E-state index in [0.717, 1.165) is 6.26 Å². The summed E-state index contributed by atoms with van der Waals surface area (Å²) in [6.45, 7) is 0.771. The molecule has 1 saturated heterocycles. The lowest BCUT2D eigenvalue weighted by Gasteiger charge is -2.05. The van der Waals surface area contributed by atoms with Crippen molar-refractivity contribution in [2.75, 3.05) is 19.5 Å². The molecule has 1 atom stereocenters. The molecule has 0 aromatic rings. The van der Waals surface area contributed by atoms with Crippen molar-refractivity contribution in [3.8, 4) is 0 Å². The molecule has 1 aliphatic heterocycles. The van der Waals surface area contributed by atoms with Crippen LogP contribution in [-0.4, -0.2) is 34.2 Å². The molecule has 0 aromatic heterocycles. The number of nitrogens with one attached hydrogen (secondary N) is 1. The monoisotopic (exact) mass is 167 g/mol. The van der Waals surface area contributed by atoms with Gasteiger partial charge in [0, 0.05) is 6.54 Å². The van der Waals surface area contributed by atoms with Crippen LogP contribution in [0.3, 0.4) is 0 Å². The van der Waals surface area contributed by atoms with E-state index in [4.69, 9.17) is 4.74 Å². The zero-order valence-corrected chi connectivity index (χ0v) is 6.35. The van der Waals surface area contributed by atoms with Gasteiger partial charge in [-0.2, -0.15) is 8.42 Å². The van der Waals surface area contributed by atoms with E-state index in [-0.39, 0.29) is 0 Å². The second-order valence-corrected chi connectivity index (χ2v) is 3.60. The van der Waals surface area contributed by atoms with E-state index in [9.17, 15) is 8.42 Å². The Bertz CT molecular complexity index is 193. The van der Waals surface area contributed by atoms with Gasteiger partial charge in [-0.25, -0.2) is 4.18 Å². The average Bonchev–Trinajstić information content (AvgIpc) is 2.12. The molecule has 0 unspecified atom stereocenters. The smallest absolute Gasteiger partial charge is 0.266 e. The highest BCUT2D eigenvalue weighted by atomic mass is 32.2. The van der Waals surface area contributed by atoms with Crippen LogP contribution in [0.5, 0.6) is 0 Å². The normalized spacial score (nSPS) is 27.1. The summed E-state index contributed by atoms with van der Waals surface area (Å²) >= 11 is 0. The molecule has 60 valence electrons. The van der Waals surface area contributed by atoms with Crippen LogP contribution >= 0.6 is 0 Å². The van der Waals surface area contributed by atoms with Crippen molar-refractivity contribution in [2.45, 2.75) is 6.29 Å². The van der Waals surface area contributed by atoms with E-state index in [1.807, 2.05) is 0 Å². The molecular formula is C4H9NO4S. The maximum atomic E-state index is 10.5. The van der Waals surface area contributed by atoms with Gasteiger partial charge in [-0.15, -0.1) is 0 Å². The van der Waals surface area contributed by atoms with Crippen LogP contribution in [0.25, 0.3) is 0 Å². The van der Waals surface area contributed by atoms with Gasteiger partial charge in [0.15, 0.2) is 6.29 Å². The van der Waals surface area contributed by atoms with Crippen molar-refractivity contribution >= 4 is 10.1 Å². The summed E-state index contributed by atoms with van der Waals surface area (Å²) in [5.74, 6) is 0. The molecule has 1 N–H and O–H groups in total. The molecule has 1 rings (SSSR count). The maximum absolute atomic E-state index is 10.5. The standard InChI is InChI=1S/C4H9NO4S/c1-10(6,7)9-4-2-5-3-8-4/h4-5H,2-3H2,1H3/t4-/m0/s1. The Kier molecular flexibility index (Phi) is 2.24. The molecule has 0 bridgehead atoms. The summed E-state index contributed by atoms with van der Waals surface area (Å²) in [5, 5.41) is 2.78. The molecule has 6 heteroatoms. The van der Waals surface area contributed by atoms with Gasteiger partial charge in [0.1, 0.15) is 0 Å². The first-order valence-corrected chi connectivity index (χ1v) is 4.60. The predicted molar refractivity (Wildman–Crippen MR) is 33.7 cm³/mol. The highest BCUT2D eigenvalue weighted by Crippen LogP contribution is 2.02. The fourth-order valence-corrected chi connectivity index (χ4v) is 1.16. The number of rotatable bonds is 2. The fourth-order valence-electron chi connectivity index (χ4n) is 0.644. The molecule has 1 aliphatic rings. The lowest BCUT2D eigenvalue weighted by Crippen LogP contribution is -2.20. The van der Waals surface area contributed by atoms with Gasteiger partial charge in [0.2, 0.25) is 0 Å². The third kappa shape index (κ3) is 2.61. The third-order valence-corrected chi connectivity index (χ3v) is 1.53. The predicted octanol–water partition coefficient (Wildman–Crippen LogP) is -1.13. The minimum Gasteiger partial charge on any atom is -0.335 e. The minimum atomic E-state index is -3.37. The Hall–Kier alpha value is -0.170. The summed E-state index contributed by atoms with van der Waals surface area (Å²) in [6.07, 6.45) is 0.351. The minimum absolute atomic E-state index is 0.347. The Labute approximate surface area is 59.4 Å². The average molecular weight is 167 g/mol. The molecule has 0 aliphatic carbocycles. The number of ether oxygens (including phenoxy) is 1. The van der Waals surface area contributed by atoms with Crippen molar-refractivity contribution in [1.29, 1.82) is 0 Å². The topological polar surface area (TPSA) is 64.6 Å². The lowest BCUT2D eigenvalue weighted by atomic mass is 10.7. The molecule has 0 aromatic carbocycles. The van der Waals surface area contributed by atoms with Crippen molar-refractivity contribution in [3.63, 3.8) is 0 Å². The summed E-state index contributed by atoms with van der Waals surface area (Å²) in [5.41, 5.74) is 0. The van der Waals surface area contributed by atoms with Gasteiger partial charge >= 0.3 is 0 Å². The van der Waals surface area contributed by atoms with Crippen molar-refractivity contribution in [1.82, 2.24) is 5.32 Å². The van der Waals surface area contributed by atoms with E-state index >= 15 is 0 Å². The number of hydrogen-bond acceptors (Lipinski definition) is 5. The highest BCUT2D eigenvalue weighted by Gasteiger charge is 2.19. The van der Waals surface area contributed by atoms with Gasteiger partial charge < -0.3 is 4.74 Å². The Balaban J connectivity index is 2.38. The van der Waals surface area contributed by atoms with Crippen LogP contribution in [0.2, 0.25) is 0 Å². The quantitative estimate of drug-likeness (QED) is 0.527. The molecule has 5 nitrogen and oxygen atoms in total. The molecule has 0 amide bonds. The van der Waals surface area contributed by atoms with E-state index in [1.54, 1.807) is 0 Å². The summed E-state index contributed by atoms with van der Waals surface area (Å²) in [6, 6.07) is 0. The van der Waals surface area contributed by atoms with Crippen LogP contribution in [0.4, 0.5) is 0 Å². The van der Waals surface area contributed by atoms with Crippen LogP contribution in [0.15, 0.2) is 0 Å². The van der Waals surface area contributed by atoms with Crippen molar-refractivity contribution in [3.05, 3.63) is 0 Å². The van der Waals surface area contributed by atoms with E-state index in [0.29, 0.717) is 13.3 Å². The van der Waals surface area contributed by atoms with Crippen molar-refractivity contribution < 1.29 is 17.3 Å². The third-order valence-electron chi connectivity index (χ3n) is 0.964. The molecule has 0 radical (unpaired) electrons. The van der Waals surface area contributed by atoms with E-state index in [1.165, 1.54) is 0 Å². The highest BCUT2D eigenvalue weighted by molar-refractivity contribution is 7.86. The van der Waals surface area contributed by atoms with Crippen LogP contribution < -0.4 is 5.32 Å². The molecule has 1 heterocycles. The van der Waals surface area contributed by atoms with Gasteiger partial charge in [-0.05, 0) is 0 Å². The zero-order chi connectivity index (χ0) is 7.61. The first kappa shape index (κ1) is 7.93. The Morgan fingerprint density at radius 2 is 2.40 bits per heavy atom. The Morgan fingerprint density at radius 3 is 2.80 bits per heavy atom. The maximum Gasteiger partial charge on any atom is 0.266 e. The van der Waals surface area contributed by atoms with Crippen LogP contribution in [-0.2, 0) is 19.0 Å². The zero-order valence-electron chi connectivity index (χ0n) is 5.53. The second-order valence-electron chi connectivity index (χ2n) is 2.00. The van der Waals surface area contributed by atoms with E-state index < -0.39 is 16.4 Å². The molecule has 0 saturated carbocycles.